The van der Waals surface area contributed by atoms with Gasteiger partial charge in [0.15, 0.2) is 0 Å². The number of carbonyl (C=O) groups is 2. The minimum absolute atomic E-state index is 0.0210. The summed E-state index contributed by atoms with van der Waals surface area (Å²) in [5.74, 6) is -0.984. The number of hydrogen-bond donors (Lipinski definition) is 1. The van der Waals surface area contributed by atoms with E-state index in [-0.39, 0.29) is 44.2 Å². The molecule has 3 rings (SSSR count). The predicted molar refractivity (Wildman–Crippen MR) is 161 cm³/mol. The number of anilines is 1. The molecule has 0 aliphatic rings. The Bertz CT molecular complexity index is 1420. The highest BCUT2D eigenvalue weighted by molar-refractivity contribution is 7.92. The van der Waals surface area contributed by atoms with Crippen molar-refractivity contribution in [3.05, 3.63) is 101 Å². The molecule has 3 aromatic carbocycles. The molecule has 0 spiro atoms. The number of aryl methyl sites for hydroxylation is 1. The van der Waals surface area contributed by atoms with Gasteiger partial charge in [-0.05, 0) is 69.0 Å². The van der Waals surface area contributed by atoms with Crippen LogP contribution in [-0.2, 0) is 32.6 Å². The van der Waals surface area contributed by atoms with Crippen molar-refractivity contribution in [2.75, 3.05) is 17.1 Å². The van der Waals surface area contributed by atoms with Crippen molar-refractivity contribution in [1.29, 1.82) is 0 Å². The first-order valence-corrected chi connectivity index (χ1v) is 15.5. The van der Waals surface area contributed by atoms with Crippen molar-refractivity contribution < 1.29 is 22.4 Å². The molecule has 1 N–H and O–H groups in total. The summed E-state index contributed by atoms with van der Waals surface area (Å²) >= 11 is 0. The summed E-state index contributed by atoms with van der Waals surface area (Å²) in [5, 5.41) is 3.01. The highest BCUT2D eigenvalue weighted by Gasteiger charge is 2.32. The minimum Gasteiger partial charge on any atom is -0.350 e. The highest BCUT2D eigenvalue weighted by atomic mass is 32.2. The molecule has 0 fully saturated rings. The fraction of sp³-hybridized carbons (Fsp3) is 0.375. The Morgan fingerprint density at radius 2 is 1.51 bits per heavy atom. The molecular weight excluding hydrogens is 541 g/mol. The van der Waals surface area contributed by atoms with Crippen LogP contribution in [0, 0.1) is 12.7 Å². The van der Waals surface area contributed by atoms with Crippen LogP contribution in [0.25, 0.3) is 0 Å². The third-order valence-electron chi connectivity index (χ3n) is 6.57. The van der Waals surface area contributed by atoms with Gasteiger partial charge in [0.1, 0.15) is 11.9 Å². The van der Waals surface area contributed by atoms with Crippen molar-refractivity contribution >= 4 is 27.5 Å². The zero-order valence-corrected chi connectivity index (χ0v) is 25.2. The Hall–Kier alpha value is -3.72. The standard InChI is InChI=1S/C32H40FN3O4S/c1-24-12-9-10-15-28(24)36(41(5,39)40)21-11-16-30(37)35(23-26-17-19-27(33)20-18-26)29(31(38)34-32(2,3)4)22-25-13-7-6-8-14-25/h6-10,12-15,17-20,29H,11,16,21-23H2,1-5H3,(H,34,38)/t29-/m0/s1. The summed E-state index contributed by atoms with van der Waals surface area (Å²) < 4.78 is 40.3. The Morgan fingerprint density at radius 3 is 2.10 bits per heavy atom. The number of nitrogens with one attached hydrogen (secondary N) is 1. The van der Waals surface area contributed by atoms with E-state index in [2.05, 4.69) is 5.32 Å². The van der Waals surface area contributed by atoms with E-state index >= 15 is 0 Å². The SMILES string of the molecule is Cc1ccccc1N(CCCC(=O)N(Cc1ccc(F)cc1)[C@@H](Cc1ccccc1)C(=O)NC(C)(C)C)S(C)(=O)=O. The third-order valence-corrected chi connectivity index (χ3v) is 7.75. The smallest absolute Gasteiger partial charge is 0.243 e. The summed E-state index contributed by atoms with van der Waals surface area (Å²) in [4.78, 5) is 29.0. The molecule has 0 heterocycles. The van der Waals surface area contributed by atoms with E-state index in [0.717, 1.165) is 17.4 Å². The van der Waals surface area contributed by atoms with E-state index in [4.69, 9.17) is 0 Å². The fourth-order valence-electron chi connectivity index (χ4n) is 4.62. The van der Waals surface area contributed by atoms with Crippen molar-refractivity contribution in [2.45, 2.75) is 65.1 Å². The van der Waals surface area contributed by atoms with Crippen LogP contribution >= 0.6 is 0 Å². The van der Waals surface area contributed by atoms with E-state index in [9.17, 15) is 22.4 Å². The van der Waals surface area contributed by atoms with Gasteiger partial charge in [-0.25, -0.2) is 12.8 Å². The molecule has 0 aliphatic heterocycles. The predicted octanol–water partition coefficient (Wildman–Crippen LogP) is 5.24. The van der Waals surface area contributed by atoms with E-state index in [0.29, 0.717) is 11.3 Å². The molecule has 0 unspecified atom stereocenters. The Kier molecular flexibility index (Phi) is 10.7. The summed E-state index contributed by atoms with van der Waals surface area (Å²) in [5.41, 5.74) is 2.42. The lowest BCUT2D eigenvalue weighted by atomic mass is 10.00. The number of benzene rings is 3. The van der Waals surface area contributed by atoms with Crippen LogP contribution in [0.2, 0.25) is 0 Å². The molecule has 41 heavy (non-hydrogen) atoms. The number of rotatable bonds is 12. The summed E-state index contributed by atoms with van der Waals surface area (Å²) in [7, 11) is -3.59. The van der Waals surface area contributed by atoms with Gasteiger partial charge in [-0.15, -0.1) is 0 Å². The van der Waals surface area contributed by atoms with Crippen molar-refractivity contribution in [2.24, 2.45) is 0 Å². The lowest BCUT2D eigenvalue weighted by molar-refractivity contribution is -0.142. The molecule has 9 heteroatoms. The van der Waals surface area contributed by atoms with Crippen molar-refractivity contribution in [3.63, 3.8) is 0 Å². The van der Waals surface area contributed by atoms with Crippen LogP contribution in [0.3, 0.4) is 0 Å². The van der Waals surface area contributed by atoms with Crippen LogP contribution in [0.1, 0.15) is 50.3 Å². The second-order valence-electron chi connectivity index (χ2n) is 11.3. The molecule has 3 aromatic rings. The zero-order chi connectivity index (χ0) is 30.2. The molecule has 0 saturated heterocycles. The largest absolute Gasteiger partial charge is 0.350 e. The van der Waals surface area contributed by atoms with E-state index in [1.807, 2.05) is 70.2 Å². The third kappa shape index (κ3) is 9.70. The number of carbonyl (C=O) groups excluding carboxylic acids is 2. The molecule has 220 valence electrons. The fourth-order valence-corrected chi connectivity index (χ4v) is 5.64. The maximum Gasteiger partial charge on any atom is 0.243 e. The van der Waals surface area contributed by atoms with Crippen molar-refractivity contribution in [1.82, 2.24) is 10.2 Å². The number of sulfonamides is 1. The molecule has 7 nitrogen and oxygen atoms in total. The average Bonchev–Trinajstić information content (AvgIpc) is 2.89. The molecular formula is C32H40FN3O4S. The average molecular weight is 582 g/mol. The second kappa shape index (κ2) is 13.8. The molecule has 0 bridgehead atoms. The van der Waals surface area contributed by atoms with E-state index < -0.39 is 27.4 Å². The summed E-state index contributed by atoms with van der Waals surface area (Å²) in [6.45, 7) is 7.68. The number of para-hydroxylation sites is 1. The lowest BCUT2D eigenvalue weighted by Gasteiger charge is -2.34. The number of nitrogens with zero attached hydrogens (tertiary/aromatic N) is 2. The molecule has 0 radical (unpaired) electrons. The quantitative estimate of drug-likeness (QED) is 0.317. The number of halogens is 1. The van der Waals surface area contributed by atoms with Crippen LogP contribution in [-0.4, -0.2) is 49.5 Å². The normalized spacial score (nSPS) is 12.4. The molecule has 0 aromatic heterocycles. The van der Waals surface area contributed by atoms with Crippen LogP contribution < -0.4 is 9.62 Å². The summed E-state index contributed by atoms with van der Waals surface area (Å²) in [6, 6.07) is 21.7. The first-order chi connectivity index (χ1) is 19.2. The monoisotopic (exact) mass is 581 g/mol. The Balaban J connectivity index is 1.90. The maximum atomic E-state index is 13.9. The molecule has 0 saturated carbocycles. The first-order valence-electron chi connectivity index (χ1n) is 13.7. The lowest BCUT2D eigenvalue weighted by Crippen LogP contribution is -2.54. The highest BCUT2D eigenvalue weighted by Crippen LogP contribution is 2.23. The molecule has 2 amide bonds. The second-order valence-corrected chi connectivity index (χ2v) is 13.2. The van der Waals surface area contributed by atoms with Crippen LogP contribution in [0.5, 0.6) is 0 Å². The van der Waals surface area contributed by atoms with E-state index in [1.54, 1.807) is 24.3 Å². The van der Waals surface area contributed by atoms with Gasteiger partial charge in [0.05, 0.1) is 11.9 Å². The molecule has 1 atom stereocenters. The van der Waals surface area contributed by atoms with Crippen LogP contribution in [0.4, 0.5) is 10.1 Å². The van der Waals surface area contributed by atoms with Crippen LogP contribution in [0.15, 0.2) is 78.9 Å². The summed E-state index contributed by atoms with van der Waals surface area (Å²) in [6.07, 6.45) is 1.70. The molecule has 0 aliphatic carbocycles. The maximum absolute atomic E-state index is 13.9. The van der Waals surface area contributed by atoms with Gasteiger partial charge in [0.2, 0.25) is 21.8 Å². The van der Waals surface area contributed by atoms with Gasteiger partial charge < -0.3 is 10.2 Å². The number of amides is 2. The van der Waals surface area contributed by atoms with Gasteiger partial charge in [-0.1, -0.05) is 60.7 Å². The Morgan fingerprint density at radius 1 is 0.902 bits per heavy atom. The zero-order valence-electron chi connectivity index (χ0n) is 24.4. The van der Waals surface area contributed by atoms with Gasteiger partial charge in [-0.3, -0.25) is 13.9 Å². The number of hydrogen-bond acceptors (Lipinski definition) is 4. The minimum atomic E-state index is -3.59. The van der Waals surface area contributed by atoms with Gasteiger partial charge in [0.25, 0.3) is 0 Å². The van der Waals surface area contributed by atoms with Gasteiger partial charge >= 0.3 is 0 Å². The van der Waals surface area contributed by atoms with Gasteiger partial charge in [-0.2, -0.15) is 0 Å². The van der Waals surface area contributed by atoms with Gasteiger partial charge in [0, 0.05) is 31.5 Å². The van der Waals surface area contributed by atoms with E-state index in [1.165, 1.54) is 21.3 Å². The van der Waals surface area contributed by atoms with Crippen molar-refractivity contribution in [3.8, 4) is 0 Å². The first kappa shape index (κ1) is 31.8. The Labute approximate surface area is 243 Å². The topological polar surface area (TPSA) is 86.8 Å².